The summed E-state index contributed by atoms with van der Waals surface area (Å²) in [5.41, 5.74) is 1.86. The average molecular weight is 426 g/mol. The number of aromatic nitrogens is 1. The van der Waals surface area contributed by atoms with Crippen LogP contribution in [0.25, 0.3) is 0 Å². The van der Waals surface area contributed by atoms with Crippen molar-refractivity contribution < 1.29 is 14.6 Å². The standard InChI is InChI=1S/C19H12BrN3O4/c20-17-4-2-1-3-16(17)19(24)27-22-18(14-9-11-21-12-10-14)13-5-7-15(8-6-13)23(25)26/h1-12H/b22-18-. The number of hydrogen-bond donors (Lipinski definition) is 0. The smallest absolute Gasteiger partial charge is 0.312 e. The second-order valence-electron chi connectivity index (χ2n) is 5.34. The Morgan fingerprint density at radius 2 is 1.63 bits per heavy atom. The summed E-state index contributed by atoms with van der Waals surface area (Å²) in [5.74, 6) is -0.629. The molecule has 3 rings (SSSR count). The van der Waals surface area contributed by atoms with E-state index in [2.05, 4.69) is 26.1 Å². The molecule has 0 fully saturated rings. The largest absolute Gasteiger partial charge is 0.366 e. The molecule has 8 heteroatoms. The van der Waals surface area contributed by atoms with Gasteiger partial charge in [0, 0.05) is 40.1 Å². The van der Waals surface area contributed by atoms with Crippen molar-refractivity contribution in [2.45, 2.75) is 0 Å². The van der Waals surface area contributed by atoms with Crippen LogP contribution in [0.2, 0.25) is 0 Å². The second-order valence-corrected chi connectivity index (χ2v) is 6.19. The molecule has 2 aromatic carbocycles. The Morgan fingerprint density at radius 3 is 2.26 bits per heavy atom. The summed E-state index contributed by atoms with van der Waals surface area (Å²) in [5, 5.41) is 14.9. The molecule has 0 unspecified atom stereocenters. The van der Waals surface area contributed by atoms with Crippen LogP contribution in [-0.4, -0.2) is 21.6 Å². The fourth-order valence-electron chi connectivity index (χ4n) is 2.29. The molecule has 3 aromatic rings. The van der Waals surface area contributed by atoms with Crippen LogP contribution in [0, 0.1) is 10.1 Å². The van der Waals surface area contributed by atoms with Gasteiger partial charge in [-0.3, -0.25) is 15.1 Å². The first kappa shape index (κ1) is 18.4. The van der Waals surface area contributed by atoms with E-state index in [0.29, 0.717) is 26.9 Å². The molecule has 0 radical (unpaired) electrons. The molecule has 1 heterocycles. The van der Waals surface area contributed by atoms with Crippen molar-refractivity contribution in [1.29, 1.82) is 0 Å². The Balaban J connectivity index is 1.95. The number of halogens is 1. The fraction of sp³-hybridized carbons (Fsp3) is 0. The van der Waals surface area contributed by atoms with E-state index in [4.69, 9.17) is 4.84 Å². The minimum atomic E-state index is -0.629. The molecule has 0 aliphatic heterocycles. The van der Waals surface area contributed by atoms with Gasteiger partial charge in [-0.1, -0.05) is 17.3 Å². The Hall–Kier alpha value is -3.39. The van der Waals surface area contributed by atoms with Crippen molar-refractivity contribution in [1.82, 2.24) is 4.98 Å². The maximum absolute atomic E-state index is 12.3. The van der Waals surface area contributed by atoms with E-state index >= 15 is 0 Å². The molecule has 0 N–H and O–H groups in total. The highest BCUT2D eigenvalue weighted by molar-refractivity contribution is 9.10. The zero-order valence-corrected chi connectivity index (χ0v) is 15.4. The summed E-state index contributed by atoms with van der Waals surface area (Å²) >= 11 is 3.29. The number of non-ortho nitro benzene ring substituents is 1. The first-order chi connectivity index (χ1) is 13.1. The summed E-state index contributed by atoms with van der Waals surface area (Å²) in [6.07, 6.45) is 3.15. The zero-order chi connectivity index (χ0) is 19.2. The first-order valence-corrected chi connectivity index (χ1v) is 8.54. The average Bonchev–Trinajstić information content (AvgIpc) is 2.69. The Labute approximate surface area is 162 Å². The van der Waals surface area contributed by atoms with Gasteiger partial charge >= 0.3 is 5.97 Å². The van der Waals surface area contributed by atoms with E-state index in [1.54, 1.807) is 60.9 Å². The van der Waals surface area contributed by atoms with E-state index in [-0.39, 0.29) is 5.69 Å². The summed E-state index contributed by atoms with van der Waals surface area (Å²) in [6.45, 7) is 0. The molecule has 0 saturated heterocycles. The molecule has 0 aliphatic rings. The van der Waals surface area contributed by atoms with Crippen molar-refractivity contribution in [3.05, 3.63) is 104 Å². The van der Waals surface area contributed by atoms with E-state index in [9.17, 15) is 14.9 Å². The molecule has 0 amide bonds. The topological polar surface area (TPSA) is 94.7 Å². The van der Waals surface area contributed by atoms with E-state index in [1.165, 1.54) is 12.1 Å². The molecular formula is C19H12BrN3O4. The molecule has 7 nitrogen and oxygen atoms in total. The normalized spacial score (nSPS) is 11.1. The van der Waals surface area contributed by atoms with E-state index in [0.717, 1.165) is 0 Å². The third kappa shape index (κ3) is 4.42. The van der Waals surface area contributed by atoms with Crippen molar-refractivity contribution in [2.75, 3.05) is 0 Å². The third-order valence-corrected chi connectivity index (χ3v) is 4.31. The molecule has 0 spiro atoms. The lowest BCUT2D eigenvalue weighted by Gasteiger charge is -2.07. The number of benzene rings is 2. The van der Waals surface area contributed by atoms with Crippen LogP contribution in [0.5, 0.6) is 0 Å². The van der Waals surface area contributed by atoms with Crippen molar-refractivity contribution >= 4 is 33.3 Å². The van der Waals surface area contributed by atoms with Crippen molar-refractivity contribution in [2.24, 2.45) is 5.16 Å². The van der Waals surface area contributed by atoms with Gasteiger partial charge in [0.2, 0.25) is 0 Å². The highest BCUT2D eigenvalue weighted by Gasteiger charge is 2.14. The molecule has 0 aliphatic carbocycles. The monoisotopic (exact) mass is 425 g/mol. The van der Waals surface area contributed by atoms with Gasteiger partial charge in [-0.15, -0.1) is 0 Å². The molecule has 134 valence electrons. The highest BCUT2D eigenvalue weighted by atomic mass is 79.9. The summed E-state index contributed by atoms with van der Waals surface area (Å²) < 4.78 is 0.589. The lowest BCUT2D eigenvalue weighted by atomic mass is 10.0. The van der Waals surface area contributed by atoms with E-state index in [1.807, 2.05) is 0 Å². The lowest BCUT2D eigenvalue weighted by Crippen LogP contribution is -2.08. The van der Waals surface area contributed by atoms with Gasteiger partial charge in [0.1, 0.15) is 5.71 Å². The number of carbonyl (C=O) groups excluding carboxylic acids is 1. The Morgan fingerprint density at radius 1 is 1.00 bits per heavy atom. The number of nitrogens with zero attached hydrogens (tertiary/aromatic N) is 3. The minimum Gasteiger partial charge on any atom is -0.312 e. The highest BCUT2D eigenvalue weighted by Crippen LogP contribution is 2.19. The first-order valence-electron chi connectivity index (χ1n) is 7.75. The maximum Gasteiger partial charge on any atom is 0.366 e. The molecule has 0 bridgehead atoms. The molecular weight excluding hydrogens is 414 g/mol. The summed E-state index contributed by atoms with van der Waals surface area (Å²) in [7, 11) is 0. The van der Waals surface area contributed by atoms with Crippen LogP contribution >= 0.6 is 15.9 Å². The predicted octanol–water partition coefficient (Wildman–Crippen LogP) is 4.36. The van der Waals surface area contributed by atoms with Gasteiger partial charge in [0.25, 0.3) is 5.69 Å². The SMILES string of the molecule is O=C(O/N=C(\c1ccncc1)c1ccc([N+](=O)[O-])cc1)c1ccccc1Br. The second kappa shape index (κ2) is 8.33. The van der Waals surface area contributed by atoms with Crippen LogP contribution < -0.4 is 0 Å². The van der Waals surface area contributed by atoms with E-state index < -0.39 is 10.9 Å². The third-order valence-electron chi connectivity index (χ3n) is 3.62. The van der Waals surface area contributed by atoms with Crippen LogP contribution in [0.1, 0.15) is 21.5 Å². The number of oxime groups is 1. The van der Waals surface area contributed by atoms with Gasteiger partial charge in [-0.2, -0.15) is 0 Å². The molecule has 27 heavy (non-hydrogen) atoms. The van der Waals surface area contributed by atoms with Crippen LogP contribution in [0.4, 0.5) is 5.69 Å². The van der Waals surface area contributed by atoms with Crippen LogP contribution in [-0.2, 0) is 4.84 Å². The van der Waals surface area contributed by atoms with Gasteiger partial charge < -0.3 is 4.84 Å². The van der Waals surface area contributed by atoms with Gasteiger partial charge in [-0.25, -0.2) is 4.79 Å². The van der Waals surface area contributed by atoms with Crippen molar-refractivity contribution in [3.63, 3.8) is 0 Å². The lowest BCUT2D eigenvalue weighted by molar-refractivity contribution is -0.384. The van der Waals surface area contributed by atoms with Crippen LogP contribution in [0.15, 0.2) is 82.7 Å². The number of nitro benzene ring substituents is 1. The number of rotatable bonds is 5. The van der Waals surface area contributed by atoms with Gasteiger partial charge in [-0.05, 0) is 52.3 Å². The van der Waals surface area contributed by atoms with Gasteiger partial charge in [0.05, 0.1) is 10.5 Å². The molecule has 0 saturated carbocycles. The zero-order valence-electron chi connectivity index (χ0n) is 13.8. The van der Waals surface area contributed by atoms with Gasteiger partial charge in [0.15, 0.2) is 0 Å². The van der Waals surface area contributed by atoms with Crippen LogP contribution in [0.3, 0.4) is 0 Å². The molecule has 1 aromatic heterocycles. The fourth-order valence-corrected chi connectivity index (χ4v) is 2.73. The minimum absolute atomic E-state index is 0.0435. The number of carbonyl (C=O) groups is 1. The quantitative estimate of drug-likeness (QED) is 0.262. The predicted molar refractivity (Wildman–Crippen MR) is 103 cm³/mol. The Bertz CT molecular complexity index is 1000. The summed E-state index contributed by atoms with van der Waals surface area (Å²) in [6, 6.07) is 16.0. The number of pyridine rings is 1. The number of hydrogen-bond acceptors (Lipinski definition) is 6. The molecule has 0 atom stereocenters. The Kier molecular flexibility index (Phi) is 5.68. The van der Waals surface area contributed by atoms with Crippen molar-refractivity contribution in [3.8, 4) is 0 Å². The summed E-state index contributed by atoms with van der Waals surface area (Å²) in [4.78, 5) is 31.8. The number of nitro groups is 1. The maximum atomic E-state index is 12.3.